The highest BCUT2D eigenvalue weighted by molar-refractivity contribution is 6.16. The van der Waals surface area contributed by atoms with Crippen LogP contribution in [0.3, 0.4) is 0 Å². The Kier molecular flexibility index (Phi) is 7.17. The molecule has 36 heavy (non-hydrogen) atoms. The lowest BCUT2D eigenvalue weighted by Gasteiger charge is -2.15. The fourth-order valence-electron chi connectivity index (χ4n) is 5.11. The number of likely N-dealkylation sites (tertiary alicyclic amines) is 1. The van der Waals surface area contributed by atoms with Crippen LogP contribution in [-0.2, 0) is 0 Å². The van der Waals surface area contributed by atoms with E-state index in [1.807, 2.05) is 30.3 Å². The smallest absolute Gasteiger partial charge is 0.143 e. The van der Waals surface area contributed by atoms with Crippen LogP contribution in [0.25, 0.3) is 44.2 Å². The van der Waals surface area contributed by atoms with Crippen molar-refractivity contribution in [2.75, 3.05) is 33.4 Å². The van der Waals surface area contributed by atoms with Crippen molar-refractivity contribution in [2.45, 2.75) is 12.8 Å². The van der Waals surface area contributed by atoms with Gasteiger partial charge in [-0.1, -0.05) is 54.6 Å². The number of fused-ring (bicyclic) bond motifs is 3. The van der Waals surface area contributed by atoms with Crippen molar-refractivity contribution in [3.63, 3.8) is 0 Å². The van der Waals surface area contributed by atoms with E-state index in [-0.39, 0.29) is 12.4 Å². The maximum Gasteiger partial charge on any atom is 0.143 e. The zero-order chi connectivity index (χ0) is 23.6. The number of hydrogen-bond donors (Lipinski definition) is 0. The van der Waals surface area contributed by atoms with E-state index in [2.05, 4.69) is 59.5 Å². The Morgan fingerprint density at radius 2 is 1.53 bits per heavy atom. The van der Waals surface area contributed by atoms with E-state index in [1.165, 1.54) is 31.3 Å². The summed E-state index contributed by atoms with van der Waals surface area (Å²) in [6.07, 6.45) is 2.60. The van der Waals surface area contributed by atoms with Crippen LogP contribution in [0.2, 0.25) is 0 Å². The minimum Gasteiger partial charge on any atom is -0.497 e. The molecule has 5 heteroatoms. The lowest BCUT2D eigenvalue weighted by atomic mass is 9.95. The third-order valence-corrected chi connectivity index (χ3v) is 6.93. The van der Waals surface area contributed by atoms with Gasteiger partial charge in [-0.05, 0) is 72.6 Å². The Morgan fingerprint density at radius 1 is 0.806 bits per heavy atom. The second kappa shape index (κ2) is 10.7. The maximum atomic E-state index is 6.51. The second-order valence-electron chi connectivity index (χ2n) is 9.12. The van der Waals surface area contributed by atoms with E-state index >= 15 is 0 Å². The monoisotopic (exact) mass is 499 g/mol. The van der Waals surface area contributed by atoms with Gasteiger partial charge in [0.25, 0.3) is 0 Å². The number of hydrogen-bond acceptors (Lipinski definition) is 4. The van der Waals surface area contributed by atoms with Crippen molar-refractivity contribution in [3.8, 4) is 33.9 Å². The summed E-state index contributed by atoms with van der Waals surface area (Å²) < 4.78 is 18.1. The molecule has 4 nitrogen and oxygen atoms in total. The van der Waals surface area contributed by atoms with E-state index in [0.29, 0.717) is 6.61 Å². The molecule has 0 atom stereocenters. The van der Waals surface area contributed by atoms with Gasteiger partial charge in [-0.15, -0.1) is 12.4 Å². The lowest BCUT2D eigenvalue weighted by molar-refractivity contribution is 0.238. The first-order valence-electron chi connectivity index (χ1n) is 12.3. The molecule has 0 aliphatic carbocycles. The molecule has 5 aromatic rings. The summed E-state index contributed by atoms with van der Waals surface area (Å²) in [6.45, 7) is 4.05. The van der Waals surface area contributed by atoms with Crippen LogP contribution in [0.4, 0.5) is 0 Å². The number of methoxy groups -OCH3 is 1. The molecule has 6 rings (SSSR count). The van der Waals surface area contributed by atoms with Gasteiger partial charge in [0, 0.05) is 23.1 Å². The van der Waals surface area contributed by atoms with Crippen molar-refractivity contribution in [1.82, 2.24) is 4.90 Å². The minimum absolute atomic E-state index is 0. The molecule has 1 aliphatic heterocycles. The first kappa shape index (κ1) is 24.2. The largest absolute Gasteiger partial charge is 0.497 e. The average Bonchev–Trinajstić information content (AvgIpc) is 3.57. The van der Waals surface area contributed by atoms with E-state index < -0.39 is 0 Å². The lowest BCUT2D eigenvalue weighted by Crippen LogP contribution is -2.25. The molecule has 0 saturated carbocycles. The van der Waals surface area contributed by atoms with Crippen molar-refractivity contribution in [3.05, 3.63) is 84.9 Å². The molecule has 0 bridgehead atoms. The Labute approximate surface area is 217 Å². The quantitative estimate of drug-likeness (QED) is 0.228. The standard InChI is InChI=1S/C31H29NO3.ClH/c1-33-25-13-10-23(11-14-25)29-30-27-21-26(34-20-19-32-17-5-6-18-32)15-9-22(27)12-16-28(30)35-31(29)24-7-3-2-4-8-24;/h2-4,7-16,21H,5-6,17-20H2,1H3;1H. The highest BCUT2D eigenvalue weighted by Gasteiger charge is 2.20. The number of benzene rings is 4. The molecule has 0 amide bonds. The van der Waals surface area contributed by atoms with E-state index in [9.17, 15) is 0 Å². The van der Waals surface area contributed by atoms with Gasteiger partial charge in [0.05, 0.1) is 7.11 Å². The summed E-state index contributed by atoms with van der Waals surface area (Å²) >= 11 is 0. The maximum absolute atomic E-state index is 6.51. The third-order valence-electron chi connectivity index (χ3n) is 6.93. The van der Waals surface area contributed by atoms with Gasteiger partial charge in [-0.3, -0.25) is 4.90 Å². The molecular weight excluding hydrogens is 470 g/mol. The van der Waals surface area contributed by atoms with Crippen LogP contribution in [0.5, 0.6) is 11.5 Å². The van der Waals surface area contributed by atoms with E-state index in [4.69, 9.17) is 13.9 Å². The highest BCUT2D eigenvalue weighted by atomic mass is 35.5. The normalized spacial score (nSPS) is 13.7. The number of rotatable bonds is 7. The Morgan fingerprint density at radius 3 is 2.28 bits per heavy atom. The molecule has 0 unspecified atom stereocenters. The van der Waals surface area contributed by atoms with Crippen LogP contribution < -0.4 is 9.47 Å². The van der Waals surface area contributed by atoms with Gasteiger partial charge in [-0.25, -0.2) is 0 Å². The van der Waals surface area contributed by atoms with Crippen LogP contribution in [0.1, 0.15) is 12.8 Å². The van der Waals surface area contributed by atoms with Gasteiger partial charge >= 0.3 is 0 Å². The zero-order valence-corrected chi connectivity index (χ0v) is 21.2. The summed E-state index contributed by atoms with van der Waals surface area (Å²) in [5.74, 6) is 2.60. The molecule has 0 radical (unpaired) electrons. The molecule has 4 aromatic carbocycles. The Hall–Kier alpha value is -3.47. The van der Waals surface area contributed by atoms with Crippen LogP contribution in [0.15, 0.2) is 89.3 Å². The molecule has 2 heterocycles. The third kappa shape index (κ3) is 4.67. The summed E-state index contributed by atoms with van der Waals surface area (Å²) in [5.41, 5.74) is 4.11. The van der Waals surface area contributed by atoms with E-state index in [1.54, 1.807) is 7.11 Å². The van der Waals surface area contributed by atoms with Crippen molar-refractivity contribution >= 4 is 34.1 Å². The van der Waals surface area contributed by atoms with E-state index in [0.717, 1.165) is 56.8 Å². The predicted molar refractivity (Wildman–Crippen MR) is 150 cm³/mol. The molecule has 0 N–H and O–H groups in total. The van der Waals surface area contributed by atoms with Crippen molar-refractivity contribution < 1.29 is 13.9 Å². The van der Waals surface area contributed by atoms with Crippen molar-refractivity contribution in [1.29, 1.82) is 0 Å². The number of furan rings is 1. The summed E-state index contributed by atoms with van der Waals surface area (Å²) in [7, 11) is 1.69. The zero-order valence-electron chi connectivity index (χ0n) is 20.4. The fraction of sp³-hybridized carbons (Fsp3) is 0.226. The number of halogens is 1. The first-order chi connectivity index (χ1) is 17.3. The minimum atomic E-state index is 0. The molecular formula is C31H30ClNO3. The molecule has 1 aromatic heterocycles. The highest BCUT2D eigenvalue weighted by Crippen LogP contribution is 2.44. The Bertz CT molecular complexity index is 1450. The van der Waals surface area contributed by atoms with Crippen LogP contribution in [-0.4, -0.2) is 38.3 Å². The first-order valence-corrected chi connectivity index (χ1v) is 12.3. The number of ether oxygens (including phenoxy) is 2. The van der Waals surface area contributed by atoms with Crippen LogP contribution in [0, 0.1) is 0 Å². The van der Waals surface area contributed by atoms with Gasteiger partial charge in [0.15, 0.2) is 0 Å². The fourth-order valence-corrected chi connectivity index (χ4v) is 5.11. The average molecular weight is 500 g/mol. The van der Waals surface area contributed by atoms with Gasteiger partial charge in [-0.2, -0.15) is 0 Å². The number of nitrogens with zero attached hydrogens (tertiary/aromatic N) is 1. The molecule has 0 spiro atoms. The SMILES string of the molecule is COc1ccc(-c2c(-c3ccccc3)oc3ccc4ccc(OCCN5CCCC5)cc4c23)cc1.Cl. The predicted octanol–water partition coefficient (Wildman–Crippen LogP) is 7.83. The van der Waals surface area contributed by atoms with Crippen LogP contribution >= 0.6 is 12.4 Å². The Balaban J connectivity index is 0.00000267. The second-order valence-corrected chi connectivity index (χ2v) is 9.12. The topological polar surface area (TPSA) is 34.8 Å². The molecule has 1 saturated heterocycles. The van der Waals surface area contributed by atoms with Gasteiger partial charge in [0.2, 0.25) is 0 Å². The summed E-state index contributed by atoms with van der Waals surface area (Å²) in [6, 6.07) is 29.1. The van der Waals surface area contributed by atoms with Gasteiger partial charge < -0.3 is 13.9 Å². The molecule has 1 fully saturated rings. The summed E-state index contributed by atoms with van der Waals surface area (Å²) in [4.78, 5) is 2.48. The molecule has 1 aliphatic rings. The summed E-state index contributed by atoms with van der Waals surface area (Å²) in [5, 5.41) is 3.41. The van der Waals surface area contributed by atoms with Crippen molar-refractivity contribution in [2.24, 2.45) is 0 Å². The molecule has 184 valence electrons. The van der Waals surface area contributed by atoms with Gasteiger partial charge in [0.1, 0.15) is 29.4 Å².